The smallest absolute Gasteiger partial charge is 0.248 e. The highest BCUT2D eigenvalue weighted by Gasteiger charge is 2.30. The highest BCUT2D eigenvalue weighted by atomic mass is 32.2. The van der Waals surface area contributed by atoms with Crippen LogP contribution in [0.2, 0.25) is 0 Å². The van der Waals surface area contributed by atoms with E-state index in [1.54, 1.807) is 32.9 Å². The number of aryl methyl sites for hydroxylation is 1. The number of nitrogens with zero attached hydrogens (tertiary/aromatic N) is 1. The minimum Gasteiger partial charge on any atom is -0.248 e. The standard InChI is InChI=1S/C27H25F3N2O2S2/c1-17-14-22(18-8-10-21(11-9-18)27(28,29)30)31-23(15-17)19-6-5-7-20(16-19)24-12-13-25(35-24)36(33,34)32-26(2,3)4/h5-16,32H,1-4H3. The number of rotatable bonds is 5. The first kappa shape index (κ1) is 26.1. The van der Waals surface area contributed by atoms with Gasteiger partial charge in [0.05, 0.1) is 17.0 Å². The molecule has 0 saturated heterocycles. The number of halogens is 3. The zero-order valence-electron chi connectivity index (χ0n) is 20.1. The van der Waals surface area contributed by atoms with E-state index in [-0.39, 0.29) is 4.21 Å². The molecule has 2 heterocycles. The van der Waals surface area contributed by atoms with Crippen molar-refractivity contribution in [2.24, 2.45) is 0 Å². The number of thiophene rings is 1. The Bertz CT molecular complexity index is 1500. The minimum atomic E-state index is -4.39. The molecule has 0 bridgehead atoms. The summed E-state index contributed by atoms with van der Waals surface area (Å²) < 4.78 is 67.1. The summed E-state index contributed by atoms with van der Waals surface area (Å²) in [5, 5.41) is 0. The lowest BCUT2D eigenvalue weighted by molar-refractivity contribution is -0.137. The SMILES string of the molecule is Cc1cc(-c2ccc(C(F)(F)F)cc2)nc(-c2cccc(-c3ccc(S(=O)(=O)NC(C)(C)C)s3)c2)c1. The number of sulfonamides is 1. The second-order valence-electron chi connectivity index (χ2n) is 9.55. The van der Waals surface area contributed by atoms with Gasteiger partial charge in [-0.2, -0.15) is 13.2 Å². The summed E-state index contributed by atoms with van der Waals surface area (Å²) >= 11 is 1.18. The summed E-state index contributed by atoms with van der Waals surface area (Å²) in [7, 11) is -3.64. The van der Waals surface area contributed by atoms with Crippen molar-refractivity contribution < 1.29 is 21.6 Å². The van der Waals surface area contributed by atoms with E-state index in [4.69, 9.17) is 4.98 Å². The Morgan fingerprint density at radius 2 is 1.42 bits per heavy atom. The lowest BCUT2D eigenvalue weighted by atomic mass is 10.0. The molecule has 9 heteroatoms. The van der Waals surface area contributed by atoms with Gasteiger partial charge in [0.25, 0.3) is 10.0 Å². The molecule has 4 nitrogen and oxygen atoms in total. The van der Waals surface area contributed by atoms with Crippen molar-refractivity contribution in [3.05, 3.63) is 83.9 Å². The Hall–Kier alpha value is -3.01. The summed E-state index contributed by atoms with van der Waals surface area (Å²) in [6.07, 6.45) is -4.39. The van der Waals surface area contributed by atoms with Crippen molar-refractivity contribution in [2.45, 2.75) is 43.6 Å². The Morgan fingerprint density at radius 3 is 2.03 bits per heavy atom. The van der Waals surface area contributed by atoms with Crippen LogP contribution in [0.1, 0.15) is 31.9 Å². The molecule has 0 fully saturated rings. The van der Waals surface area contributed by atoms with E-state index in [9.17, 15) is 21.6 Å². The Morgan fingerprint density at radius 1 is 0.806 bits per heavy atom. The maximum Gasteiger partial charge on any atom is 0.416 e. The highest BCUT2D eigenvalue weighted by Crippen LogP contribution is 2.35. The van der Waals surface area contributed by atoms with Crippen LogP contribution in [0.5, 0.6) is 0 Å². The van der Waals surface area contributed by atoms with Crippen LogP contribution < -0.4 is 4.72 Å². The van der Waals surface area contributed by atoms with Gasteiger partial charge in [0.1, 0.15) is 4.21 Å². The molecule has 4 rings (SSSR count). The molecule has 36 heavy (non-hydrogen) atoms. The topological polar surface area (TPSA) is 59.1 Å². The first-order valence-corrected chi connectivity index (χ1v) is 13.4. The van der Waals surface area contributed by atoms with Crippen LogP contribution in [0.3, 0.4) is 0 Å². The molecule has 0 spiro atoms. The van der Waals surface area contributed by atoms with Crippen molar-refractivity contribution in [2.75, 3.05) is 0 Å². The van der Waals surface area contributed by atoms with Gasteiger partial charge in [-0.3, -0.25) is 0 Å². The van der Waals surface area contributed by atoms with Gasteiger partial charge < -0.3 is 0 Å². The number of benzene rings is 2. The average molecular weight is 531 g/mol. The molecule has 0 amide bonds. The summed E-state index contributed by atoms with van der Waals surface area (Å²) in [4.78, 5) is 5.50. The average Bonchev–Trinajstić information content (AvgIpc) is 3.28. The lowest BCUT2D eigenvalue weighted by Gasteiger charge is -2.19. The minimum absolute atomic E-state index is 0.232. The van der Waals surface area contributed by atoms with Gasteiger partial charge in [0.2, 0.25) is 0 Å². The van der Waals surface area contributed by atoms with Crippen molar-refractivity contribution >= 4 is 21.4 Å². The molecule has 4 aromatic rings. The van der Waals surface area contributed by atoms with E-state index in [1.165, 1.54) is 23.5 Å². The molecule has 0 unspecified atom stereocenters. The molecule has 0 aliphatic heterocycles. The summed E-state index contributed by atoms with van der Waals surface area (Å²) in [6, 6.07) is 19.6. The van der Waals surface area contributed by atoms with Crippen molar-refractivity contribution in [1.29, 1.82) is 0 Å². The van der Waals surface area contributed by atoms with Crippen LogP contribution in [0.15, 0.2) is 77.0 Å². The van der Waals surface area contributed by atoms with Crippen LogP contribution in [0.25, 0.3) is 33.0 Å². The van der Waals surface area contributed by atoms with Gasteiger partial charge in [-0.15, -0.1) is 11.3 Å². The monoisotopic (exact) mass is 530 g/mol. The van der Waals surface area contributed by atoms with E-state index >= 15 is 0 Å². The zero-order chi connectivity index (χ0) is 26.3. The molecule has 188 valence electrons. The second kappa shape index (κ2) is 9.46. The fraction of sp³-hybridized carbons (Fsp3) is 0.222. The fourth-order valence-corrected chi connectivity index (χ4v) is 6.42. The molecule has 0 aliphatic rings. The van der Waals surface area contributed by atoms with E-state index in [0.717, 1.165) is 33.7 Å². The summed E-state index contributed by atoms with van der Waals surface area (Å²) in [6.45, 7) is 7.27. The Labute approximate surface area is 212 Å². The molecule has 1 N–H and O–H groups in total. The quantitative estimate of drug-likeness (QED) is 0.290. The number of pyridine rings is 1. The van der Waals surface area contributed by atoms with Crippen LogP contribution >= 0.6 is 11.3 Å². The molecular formula is C27H25F3N2O2S2. The van der Waals surface area contributed by atoms with Gasteiger partial charge in [0.15, 0.2) is 0 Å². The second-order valence-corrected chi connectivity index (χ2v) is 12.5. The number of alkyl halides is 3. The van der Waals surface area contributed by atoms with Gasteiger partial charge in [-0.25, -0.2) is 18.1 Å². The third-order valence-corrected chi connectivity index (χ3v) is 8.59. The molecule has 0 atom stereocenters. The molecule has 0 aliphatic carbocycles. The largest absolute Gasteiger partial charge is 0.416 e. The van der Waals surface area contributed by atoms with E-state index in [1.807, 2.05) is 43.3 Å². The number of hydrogen-bond acceptors (Lipinski definition) is 4. The molecular weight excluding hydrogens is 505 g/mol. The van der Waals surface area contributed by atoms with E-state index in [0.29, 0.717) is 17.0 Å². The van der Waals surface area contributed by atoms with E-state index < -0.39 is 27.3 Å². The molecule has 0 radical (unpaired) electrons. The summed E-state index contributed by atoms with van der Waals surface area (Å²) in [5.74, 6) is 0. The third kappa shape index (κ3) is 6.03. The van der Waals surface area contributed by atoms with Crippen LogP contribution in [-0.4, -0.2) is 18.9 Å². The predicted octanol–water partition coefficient (Wildman–Crippen LogP) is 7.55. The van der Waals surface area contributed by atoms with Crippen LogP contribution in [0, 0.1) is 6.92 Å². The van der Waals surface area contributed by atoms with Gasteiger partial charge in [0, 0.05) is 21.5 Å². The van der Waals surface area contributed by atoms with Crippen LogP contribution in [0.4, 0.5) is 13.2 Å². The first-order chi connectivity index (χ1) is 16.7. The van der Waals surface area contributed by atoms with Gasteiger partial charge in [-0.1, -0.05) is 30.3 Å². The normalized spacial score (nSPS) is 12.6. The number of aromatic nitrogens is 1. The fourth-order valence-electron chi connectivity index (χ4n) is 3.70. The number of hydrogen-bond donors (Lipinski definition) is 1. The summed E-state index contributed by atoms with van der Waals surface area (Å²) in [5.41, 5.74) is 3.10. The third-order valence-electron chi connectivity index (χ3n) is 5.21. The Kier molecular flexibility index (Phi) is 6.85. The van der Waals surface area contributed by atoms with Crippen LogP contribution in [-0.2, 0) is 16.2 Å². The van der Waals surface area contributed by atoms with Crippen molar-refractivity contribution in [1.82, 2.24) is 9.71 Å². The van der Waals surface area contributed by atoms with Crippen molar-refractivity contribution in [3.63, 3.8) is 0 Å². The first-order valence-electron chi connectivity index (χ1n) is 11.1. The molecule has 2 aromatic heterocycles. The zero-order valence-corrected chi connectivity index (χ0v) is 21.8. The molecule has 2 aromatic carbocycles. The van der Waals surface area contributed by atoms with E-state index in [2.05, 4.69) is 4.72 Å². The highest BCUT2D eigenvalue weighted by molar-refractivity contribution is 7.91. The van der Waals surface area contributed by atoms with Gasteiger partial charge in [-0.05, 0) is 81.3 Å². The van der Waals surface area contributed by atoms with Crippen molar-refractivity contribution in [3.8, 4) is 33.0 Å². The van der Waals surface area contributed by atoms with Gasteiger partial charge >= 0.3 is 6.18 Å². The maximum atomic E-state index is 12.9. The Balaban J connectivity index is 1.67. The predicted molar refractivity (Wildman–Crippen MR) is 138 cm³/mol. The number of nitrogens with one attached hydrogen (secondary N) is 1. The molecule has 0 saturated carbocycles. The lowest BCUT2D eigenvalue weighted by Crippen LogP contribution is -2.40. The maximum absolute atomic E-state index is 12.9.